The number of carbonyl (C=O) groups excluding carboxylic acids is 1. The van der Waals surface area contributed by atoms with E-state index in [1.165, 1.54) is 11.3 Å². The molecule has 0 spiro atoms. The number of hydrogen-bond acceptors (Lipinski definition) is 5. The van der Waals surface area contributed by atoms with Gasteiger partial charge in [0.2, 0.25) is 0 Å². The number of piperidine rings is 1. The molecule has 31 heavy (non-hydrogen) atoms. The average molecular weight is 427 g/mol. The van der Waals surface area contributed by atoms with Crippen LogP contribution in [0.3, 0.4) is 0 Å². The Morgan fingerprint density at radius 3 is 2.61 bits per heavy atom. The maximum absolute atomic E-state index is 13.0. The molecule has 1 unspecified atom stereocenters. The van der Waals surface area contributed by atoms with E-state index in [2.05, 4.69) is 22.1 Å². The lowest BCUT2D eigenvalue weighted by molar-refractivity contribution is 0.0711. The van der Waals surface area contributed by atoms with Gasteiger partial charge in [0.15, 0.2) is 5.82 Å². The zero-order valence-electron chi connectivity index (χ0n) is 17.0. The van der Waals surface area contributed by atoms with Crippen molar-refractivity contribution in [1.82, 2.24) is 19.9 Å². The van der Waals surface area contributed by atoms with Gasteiger partial charge in [-0.2, -0.15) is 0 Å². The normalized spacial score (nSPS) is 16.3. The third-order valence-electron chi connectivity index (χ3n) is 5.67. The summed E-state index contributed by atoms with van der Waals surface area (Å²) in [5.41, 5.74) is 4.09. The SMILES string of the molecule is O=C(c1cccs1)N1CCCC(c2nc(-c3ccncc3)ncc2-c2ccccc2)C1. The fraction of sp³-hybridized carbons (Fsp3) is 0.200. The van der Waals surface area contributed by atoms with E-state index in [0.717, 1.165) is 46.6 Å². The first kappa shape index (κ1) is 19.6. The molecule has 0 bridgehead atoms. The van der Waals surface area contributed by atoms with Crippen LogP contribution in [0.1, 0.15) is 34.1 Å². The summed E-state index contributed by atoms with van der Waals surface area (Å²) in [7, 11) is 0. The molecule has 4 aromatic rings. The van der Waals surface area contributed by atoms with Gasteiger partial charge < -0.3 is 4.90 Å². The number of nitrogens with zero attached hydrogens (tertiary/aromatic N) is 4. The molecule has 1 atom stereocenters. The summed E-state index contributed by atoms with van der Waals surface area (Å²) in [6, 6.07) is 17.9. The van der Waals surface area contributed by atoms with Crippen molar-refractivity contribution < 1.29 is 4.79 Å². The lowest BCUT2D eigenvalue weighted by atomic mass is 9.89. The molecule has 6 heteroatoms. The smallest absolute Gasteiger partial charge is 0.263 e. The van der Waals surface area contributed by atoms with E-state index in [1.807, 2.05) is 58.9 Å². The highest BCUT2D eigenvalue weighted by molar-refractivity contribution is 7.12. The molecule has 1 aliphatic rings. The van der Waals surface area contributed by atoms with Crippen LogP contribution in [0.15, 0.2) is 78.6 Å². The molecule has 0 N–H and O–H groups in total. The summed E-state index contributed by atoms with van der Waals surface area (Å²) < 4.78 is 0. The van der Waals surface area contributed by atoms with Crippen LogP contribution < -0.4 is 0 Å². The monoisotopic (exact) mass is 426 g/mol. The Kier molecular flexibility index (Phi) is 5.54. The minimum atomic E-state index is 0.115. The molecular formula is C25H22N4OS. The van der Waals surface area contributed by atoms with Crippen molar-refractivity contribution in [3.05, 3.63) is 89.1 Å². The van der Waals surface area contributed by atoms with Gasteiger partial charge in [-0.25, -0.2) is 9.97 Å². The molecular weight excluding hydrogens is 404 g/mol. The van der Waals surface area contributed by atoms with Crippen molar-refractivity contribution in [2.24, 2.45) is 0 Å². The predicted octanol–water partition coefficient (Wildman–Crippen LogP) is 5.29. The summed E-state index contributed by atoms with van der Waals surface area (Å²) in [5.74, 6) is 0.972. The third-order valence-corrected chi connectivity index (χ3v) is 6.53. The molecule has 1 amide bonds. The first-order valence-electron chi connectivity index (χ1n) is 10.4. The number of pyridine rings is 1. The van der Waals surface area contributed by atoms with Crippen LogP contribution in [0, 0.1) is 0 Å². The topological polar surface area (TPSA) is 59.0 Å². The Morgan fingerprint density at radius 1 is 1.00 bits per heavy atom. The number of amides is 1. The highest BCUT2D eigenvalue weighted by Gasteiger charge is 2.29. The van der Waals surface area contributed by atoms with Gasteiger partial charge in [-0.1, -0.05) is 36.4 Å². The lowest BCUT2D eigenvalue weighted by Gasteiger charge is -2.33. The van der Waals surface area contributed by atoms with E-state index in [0.29, 0.717) is 12.4 Å². The van der Waals surface area contributed by atoms with Crippen LogP contribution in [0.4, 0.5) is 0 Å². The van der Waals surface area contributed by atoms with Crippen LogP contribution in [-0.4, -0.2) is 38.8 Å². The van der Waals surface area contributed by atoms with Crippen molar-refractivity contribution in [3.8, 4) is 22.5 Å². The van der Waals surface area contributed by atoms with Crippen LogP contribution in [0.25, 0.3) is 22.5 Å². The fourth-order valence-corrected chi connectivity index (χ4v) is 4.82. The van der Waals surface area contributed by atoms with Crippen molar-refractivity contribution in [2.45, 2.75) is 18.8 Å². The Balaban J connectivity index is 1.53. The van der Waals surface area contributed by atoms with Crippen LogP contribution in [-0.2, 0) is 0 Å². The Morgan fingerprint density at radius 2 is 1.84 bits per heavy atom. The number of thiophene rings is 1. The number of aromatic nitrogens is 3. The first-order valence-corrected chi connectivity index (χ1v) is 11.3. The zero-order chi connectivity index (χ0) is 21.0. The maximum Gasteiger partial charge on any atom is 0.263 e. The molecule has 3 aromatic heterocycles. The highest BCUT2D eigenvalue weighted by atomic mass is 32.1. The summed E-state index contributed by atoms with van der Waals surface area (Å²) in [6.07, 6.45) is 7.40. The average Bonchev–Trinajstić information content (AvgIpc) is 3.39. The molecule has 1 aliphatic heterocycles. The summed E-state index contributed by atoms with van der Waals surface area (Å²) in [4.78, 5) is 29.5. The van der Waals surface area contributed by atoms with Crippen LogP contribution in [0.2, 0.25) is 0 Å². The minimum absolute atomic E-state index is 0.115. The fourth-order valence-electron chi connectivity index (χ4n) is 4.13. The molecule has 4 heterocycles. The van der Waals surface area contributed by atoms with E-state index < -0.39 is 0 Å². The molecule has 0 saturated carbocycles. The van der Waals surface area contributed by atoms with Gasteiger partial charge in [0.05, 0.1) is 10.6 Å². The second kappa shape index (κ2) is 8.78. The Labute approximate surface area is 185 Å². The quantitative estimate of drug-likeness (QED) is 0.445. The van der Waals surface area contributed by atoms with Crippen LogP contribution in [0.5, 0.6) is 0 Å². The zero-order valence-corrected chi connectivity index (χ0v) is 17.8. The minimum Gasteiger partial charge on any atom is -0.337 e. The Hall–Kier alpha value is -3.38. The van der Waals surface area contributed by atoms with E-state index in [9.17, 15) is 4.79 Å². The molecule has 0 aliphatic carbocycles. The Bertz CT molecular complexity index is 1160. The second-order valence-corrected chi connectivity index (χ2v) is 8.61. The molecule has 1 aromatic carbocycles. The maximum atomic E-state index is 13.0. The van der Waals surface area contributed by atoms with E-state index in [1.54, 1.807) is 12.4 Å². The highest BCUT2D eigenvalue weighted by Crippen LogP contribution is 2.34. The first-order chi connectivity index (χ1) is 15.3. The second-order valence-electron chi connectivity index (χ2n) is 7.66. The van der Waals surface area contributed by atoms with Gasteiger partial charge >= 0.3 is 0 Å². The number of rotatable bonds is 4. The van der Waals surface area contributed by atoms with E-state index >= 15 is 0 Å². The summed E-state index contributed by atoms with van der Waals surface area (Å²) in [6.45, 7) is 1.46. The number of likely N-dealkylation sites (tertiary alicyclic amines) is 1. The summed E-state index contributed by atoms with van der Waals surface area (Å²) >= 11 is 1.50. The van der Waals surface area contributed by atoms with E-state index in [4.69, 9.17) is 4.98 Å². The van der Waals surface area contributed by atoms with Gasteiger partial charge in [0.1, 0.15) is 0 Å². The van der Waals surface area contributed by atoms with Crippen molar-refractivity contribution in [2.75, 3.05) is 13.1 Å². The third kappa shape index (κ3) is 4.11. The van der Waals surface area contributed by atoms with Crippen molar-refractivity contribution in [1.29, 1.82) is 0 Å². The standard InChI is InChI=1S/C25H22N4OS/c30-25(22-9-5-15-31-22)29-14-4-8-20(17-29)23-21(18-6-2-1-3-7-18)16-27-24(28-23)19-10-12-26-13-11-19/h1-3,5-7,9-13,15-16,20H,4,8,14,17H2. The summed E-state index contributed by atoms with van der Waals surface area (Å²) in [5, 5.41) is 1.95. The molecule has 5 nitrogen and oxygen atoms in total. The van der Waals surface area contributed by atoms with Crippen molar-refractivity contribution >= 4 is 17.2 Å². The predicted molar refractivity (Wildman–Crippen MR) is 123 cm³/mol. The number of benzene rings is 1. The van der Waals surface area contributed by atoms with Gasteiger partial charge in [-0.05, 0) is 42.0 Å². The van der Waals surface area contributed by atoms with Crippen LogP contribution >= 0.6 is 11.3 Å². The molecule has 5 rings (SSSR count). The van der Waals surface area contributed by atoms with Gasteiger partial charge in [0.25, 0.3) is 5.91 Å². The number of hydrogen-bond donors (Lipinski definition) is 0. The largest absolute Gasteiger partial charge is 0.337 e. The molecule has 0 radical (unpaired) electrons. The van der Waals surface area contributed by atoms with Gasteiger partial charge in [-0.15, -0.1) is 11.3 Å². The molecule has 1 fully saturated rings. The van der Waals surface area contributed by atoms with Gasteiger partial charge in [-0.3, -0.25) is 9.78 Å². The number of carbonyl (C=O) groups is 1. The van der Waals surface area contributed by atoms with Gasteiger partial charge in [0, 0.05) is 48.7 Å². The van der Waals surface area contributed by atoms with E-state index in [-0.39, 0.29) is 11.8 Å². The molecule has 1 saturated heterocycles. The van der Waals surface area contributed by atoms with Crippen molar-refractivity contribution in [3.63, 3.8) is 0 Å². The lowest BCUT2D eigenvalue weighted by Crippen LogP contribution is -2.39. The molecule has 154 valence electrons.